The predicted molar refractivity (Wildman–Crippen MR) is 149 cm³/mol. The number of aryl methyl sites for hydroxylation is 2. The van der Waals surface area contributed by atoms with E-state index < -0.39 is 0 Å². The molecule has 4 rings (SSSR count). The molecule has 0 saturated heterocycles. The second kappa shape index (κ2) is 13.5. The highest BCUT2D eigenvalue weighted by molar-refractivity contribution is 14.1. The van der Waals surface area contributed by atoms with Crippen molar-refractivity contribution in [2.45, 2.75) is 13.8 Å². The van der Waals surface area contributed by atoms with Crippen LogP contribution in [0.5, 0.6) is 0 Å². The number of rotatable bonds is 2. The van der Waals surface area contributed by atoms with E-state index in [1.165, 1.54) is 12.7 Å². The average Bonchev–Trinajstić information content (AvgIpc) is 2.76. The van der Waals surface area contributed by atoms with Crippen molar-refractivity contribution in [1.82, 2.24) is 9.97 Å². The van der Waals surface area contributed by atoms with Gasteiger partial charge in [-0.3, -0.25) is 9.97 Å². The summed E-state index contributed by atoms with van der Waals surface area (Å²) in [6, 6.07) is 19.8. The summed E-state index contributed by atoms with van der Waals surface area (Å²) in [5.41, 5.74) is 11.1. The maximum absolute atomic E-state index is 5.62. The Morgan fingerprint density at radius 3 is 1.74 bits per heavy atom. The third kappa shape index (κ3) is 9.84. The molecule has 31 heavy (non-hydrogen) atoms. The van der Waals surface area contributed by atoms with Crippen LogP contribution in [0.15, 0.2) is 85.5 Å². The lowest BCUT2D eigenvalue weighted by Gasteiger charge is -2.09. The van der Waals surface area contributed by atoms with Crippen LogP contribution < -0.4 is 11.1 Å². The quantitative estimate of drug-likeness (QED) is 0.172. The molecule has 0 aliphatic rings. The summed E-state index contributed by atoms with van der Waals surface area (Å²) < 4.78 is 2.42. The first-order valence-electron chi connectivity index (χ1n) is 9.35. The number of nitrogen functional groups attached to an aromatic ring is 1. The minimum atomic E-state index is 0.731. The van der Waals surface area contributed by atoms with Gasteiger partial charge >= 0.3 is 0 Å². The van der Waals surface area contributed by atoms with E-state index in [0.29, 0.717) is 0 Å². The van der Waals surface area contributed by atoms with Crippen molar-refractivity contribution in [3.8, 4) is 0 Å². The standard InChI is InChI=1S/C12H11IN2.C7H8IN.C5H4ClN/c1-9-2-3-10(13)8-12(9)15-11-4-6-14-7-5-11;1-5-2-3-6(8)4-7(5)9;6-5-1-3-7-4-2-5/h2-8H,1H3,(H,14,15);2-4H,9H2,1H3;1-4H. The Morgan fingerprint density at radius 2 is 1.26 bits per heavy atom. The second-order valence-corrected chi connectivity index (χ2v) is 9.41. The fourth-order valence-electron chi connectivity index (χ4n) is 2.26. The van der Waals surface area contributed by atoms with Crippen LogP contribution in [-0.2, 0) is 0 Å². The van der Waals surface area contributed by atoms with Crippen LogP contribution in [-0.4, -0.2) is 9.97 Å². The monoisotopic (exact) mass is 656 g/mol. The predicted octanol–water partition coefficient (Wildman–Crippen LogP) is 7.66. The first kappa shape index (κ1) is 25.4. The average molecular weight is 657 g/mol. The molecule has 2 aromatic heterocycles. The molecule has 2 aromatic carbocycles. The van der Waals surface area contributed by atoms with E-state index in [1.807, 2.05) is 37.3 Å². The van der Waals surface area contributed by atoms with Crippen LogP contribution in [0.4, 0.5) is 17.1 Å². The van der Waals surface area contributed by atoms with Crippen molar-refractivity contribution < 1.29 is 0 Å². The molecule has 0 saturated carbocycles. The molecule has 2 heterocycles. The first-order valence-corrected chi connectivity index (χ1v) is 11.9. The van der Waals surface area contributed by atoms with Gasteiger partial charge in [0.15, 0.2) is 0 Å². The molecular weight excluding hydrogens is 634 g/mol. The summed E-state index contributed by atoms with van der Waals surface area (Å²) in [6.07, 6.45) is 6.88. The van der Waals surface area contributed by atoms with E-state index in [1.54, 1.807) is 36.9 Å². The van der Waals surface area contributed by atoms with Crippen LogP contribution in [0.1, 0.15) is 11.1 Å². The van der Waals surface area contributed by atoms with Gasteiger partial charge in [0.2, 0.25) is 0 Å². The summed E-state index contributed by atoms with van der Waals surface area (Å²) in [5.74, 6) is 0. The zero-order chi connectivity index (χ0) is 22.6. The maximum atomic E-state index is 5.62. The smallest absolute Gasteiger partial charge is 0.0436 e. The minimum Gasteiger partial charge on any atom is -0.398 e. The number of hydrogen-bond acceptors (Lipinski definition) is 4. The normalized spacial score (nSPS) is 9.58. The van der Waals surface area contributed by atoms with E-state index in [4.69, 9.17) is 17.3 Å². The fourth-order valence-corrected chi connectivity index (χ4v) is 3.38. The Hall–Kier alpha value is -1.91. The topological polar surface area (TPSA) is 63.8 Å². The van der Waals surface area contributed by atoms with Gasteiger partial charge in [-0.2, -0.15) is 0 Å². The number of halogens is 3. The number of pyridine rings is 2. The summed E-state index contributed by atoms with van der Waals surface area (Å²) in [4.78, 5) is 7.75. The molecule has 0 spiro atoms. The summed E-state index contributed by atoms with van der Waals surface area (Å²) in [6.45, 7) is 4.10. The molecule has 0 amide bonds. The highest BCUT2D eigenvalue weighted by Gasteiger charge is 1.99. The van der Waals surface area contributed by atoms with Crippen molar-refractivity contribution in [3.05, 3.63) is 109 Å². The molecule has 0 atom stereocenters. The number of nitrogens with one attached hydrogen (secondary N) is 1. The molecule has 0 unspecified atom stereocenters. The highest BCUT2D eigenvalue weighted by Crippen LogP contribution is 2.22. The lowest BCUT2D eigenvalue weighted by atomic mass is 10.2. The lowest BCUT2D eigenvalue weighted by Crippen LogP contribution is -1.93. The summed E-state index contributed by atoms with van der Waals surface area (Å²) >= 11 is 10.1. The number of nitrogens with two attached hydrogens (primary N) is 1. The maximum Gasteiger partial charge on any atom is 0.0436 e. The van der Waals surface area contributed by atoms with E-state index in [0.717, 1.165) is 27.6 Å². The van der Waals surface area contributed by atoms with Gasteiger partial charge in [0.25, 0.3) is 0 Å². The third-order valence-electron chi connectivity index (χ3n) is 4.04. The number of aromatic nitrogens is 2. The van der Waals surface area contributed by atoms with E-state index in [2.05, 4.69) is 85.6 Å². The van der Waals surface area contributed by atoms with Gasteiger partial charge in [0, 0.05) is 54.0 Å². The van der Waals surface area contributed by atoms with Crippen LogP contribution in [0.3, 0.4) is 0 Å². The minimum absolute atomic E-state index is 0.731. The Morgan fingerprint density at radius 1 is 0.742 bits per heavy atom. The Labute approximate surface area is 216 Å². The van der Waals surface area contributed by atoms with Crippen molar-refractivity contribution in [2.24, 2.45) is 0 Å². The fraction of sp³-hybridized carbons (Fsp3) is 0.0833. The zero-order valence-electron chi connectivity index (χ0n) is 17.2. The number of hydrogen-bond donors (Lipinski definition) is 2. The molecule has 0 aliphatic heterocycles. The SMILES string of the molecule is Cc1ccc(I)cc1N.Cc1ccc(I)cc1Nc1ccncc1.Clc1ccncc1. The van der Waals surface area contributed by atoms with Crippen LogP contribution in [0, 0.1) is 21.0 Å². The van der Waals surface area contributed by atoms with Crippen LogP contribution in [0.25, 0.3) is 0 Å². The third-order valence-corrected chi connectivity index (χ3v) is 5.63. The van der Waals surface area contributed by atoms with Crippen molar-refractivity contribution in [2.75, 3.05) is 11.1 Å². The Balaban J connectivity index is 0.000000181. The molecule has 4 aromatic rings. The number of anilines is 3. The molecule has 0 fully saturated rings. The van der Waals surface area contributed by atoms with Crippen molar-refractivity contribution in [1.29, 1.82) is 0 Å². The second-order valence-electron chi connectivity index (χ2n) is 6.49. The van der Waals surface area contributed by atoms with Gasteiger partial charge in [-0.25, -0.2) is 0 Å². The molecule has 0 radical (unpaired) electrons. The number of nitrogens with zero attached hydrogens (tertiary/aromatic N) is 2. The zero-order valence-corrected chi connectivity index (χ0v) is 22.3. The van der Waals surface area contributed by atoms with Gasteiger partial charge < -0.3 is 11.1 Å². The Kier molecular flexibility index (Phi) is 11.0. The molecule has 7 heteroatoms. The molecule has 0 bridgehead atoms. The van der Waals surface area contributed by atoms with Gasteiger partial charge in [-0.1, -0.05) is 23.7 Å². The van der Waals surface area contributed by atoms with E-state index >= 15 is 0 Å². The molecule has 0 aliphatic carbocycles. The van der Waals surface area contributed by atoms with Gasteiger partial charge in [-0.15, -0.1) is 0 Å². The van der Waals surface area contributed by atoms with Crippen LogP contribution >= 0.6 is 56.8 Å². The largest absolute Gasteiger partial charge is 0.398 e. The first-order chi connectivity index (χ1) is 14.8. The van der Waals surface area contributed by atoms with E-state index in [9.17, 15) is 0 Å². The summed E-state index contributed by atoms with van der Waals surface area (Å²) in [5, 5.41) is 4.10. The number of benzene rings is 2. The van der Waals surface area contributed by atoms with Crippen molar-refractivity contribution in [3.63, 3.8) is 0 Å². The molecular formula is C24H23ClI2N4. The van der Waals surface area contributed by atoms with Gasteiger partial charge in [-0.05, 0) is 119 Å². The van der Waals surface area contributed by atoms with Gasteiger partial charge in [0.05, 0.1) is 0 Å². The summed E-state index contributed by atoms with van der Waals surface area (Å²) in [7, 11) is 0. The van der Waals surface area contributed by atoms with Crippen molar-refractivity contribution >= 4 is 73.8 Å². The van der Waals surface area contributed by atoms with Crippen LogP contribution in [0.2, 0.25) is 5.02 Å². The van der Waals surface area contributed by atoms with Gasteiger partial charge in [0.1, 0.15) is 0 Å². The molecule has 160 valence electrons. The highest BCUT2D eigenvalue weighted by atomic mass is 127. The Bertz CT molecular complexity index is 1080. The lowest BCUT2D eigenvalue weighted by molar-refractivity contribution is 1.32. The van der Waals surface area contributed by atoms with E-state index in [-0.39, 0.29) is 0 Å². The molecule has 3 N–H and O–H groups in total. The molecule has 4 nitrogen and oxygen atoms in total.